The number of ether oxygens (including phenoxy) is 1. The van der Waals surface area contributed by atoms with Gasteiger partial charge in [0.2, 0.25) is 0 Å². The first-order valence-corrected chi connectivity index (χ1v) is 5.81. The van der Waals surface area contributed by atoms with Crippen molar-refractivity contribution in [3.8, 4) is 11.4 Å². The minimum atomic E-state index is 0.609. The summed E-state index contributed by atoms with van der Waals surface area (Å²) in [5.74, 6) is 1.71. The van der Waals surface area contributed by atoms with Crippen LogP contribution in [0, 0.1) is 0 Å². The highest BCUT2D eigenvalue weighted by Crippen LogP contribution is 2.28. The van der Waals surface area contributed by atoms with Gasteiger partial charge in [-0.15, -0.1) is 0 Å². The molecule has 0 aliphatic rings. The highest BCUT2D eigenvalue weighted by atomic mass is 16.5. The molecule has 4 nitrogen and oxygen atoms in total. The zero-order valence-corrected chi connectivity index (χ0v) is 10.2. The Hall–Kier alpha value is -1.97. The van der Waals surface area contributed by atoms with Crippen LogP contribution in [0.3, 0.4) is 0 Å². The van der Waals surface area contributed by atoms with Gasteiger partial charge in [0.15, 0.2) is 0 Å². The number of nitrogens with two attached hydrogens (primary N) is 1. The van der Waals surface area contributed by atoms with Crippen LogP contribution in [0.15, 0.2) is 30.6 Å². The molecule has 0 amide bonds. The summed E-state index contributed by atoms with van der Waals surface area (Å²) in [5.41, 5.74) is 7.69. The maximum absolute atomic E-state index is 6.11. The predicted molar refractivity (Wildman–Crippen MR) is 68.5 cm³/mol. The van der Waals surface area contributed by atoms with Gasteiger partial charge < -0.3 is 15.0 Å². The third kappa shape index (κ3) is 2.11. The monoisotopic (exact) mass is 231 g/mol. The molecule has 0 atom stereocenters. The smallest absolute Gasteiger partial charge is 0.144 e. The molecule has 2 aromatic rings. The summed E-state index contributed by atoms with van der Waals surface area (Å²) >= 11 is 0. The van der Waals surface area contributed by atoms with Crippen LogP contribution in [0.4, 0.5) is 5.69 Å². The molecule has 0 unspecified atom stereocenters. The molecule has 0 saturated heterocycles. The third-order valence-corrected chi connectivity index (χ3v) is 2.64. The van der Waals surface area contributed by atoms with Crippen LogP contribution in [-0.2, 0) is 6.42 Å². The number of anilines is 1. The van der Waals surface area contributed by atoms with E-state index in [-0.39, 0.29) is 0 Å². The number of aromatic nitrogens is 2. The van der Waals surface area contributed by atoms with Gasteiger partial charge >= 0.3 is 0 Å². The van der Waals surface area contributed by atoms with E-state index in [1.54, 1.807) is 6.20 Å². The van der Waals surface area contributed by atoms with Gasteiger partial charge in [-0.25, -0.2) is 4.98 Å². The molecule has 0 aliphatic carbocycles. The minimum absolute atomic E-state index is 0.609. The summed E-state index contributed by atoms with van der Waals surface area (Å²) in [5, 5.41) is 0. The molecule has 2 N–H and O–H groups in total. The number of nitrogen functional groups attached to an aromatic ring is 1. The molecule has 1 aromatic heterocycles. The van der Waals surface area contributed by atoms with Crippen molar-refractivity contribution in [3.63, 3.8) is 0 Å². The van der Waals surface area contributed by atoms with Crippen LogP contribution in [0.2, 0.25) is 0 Å². The SMILES string of the molecule is CCOc1cccc(-n2ccnc2CC)c1N. The summed E-state index contributed by atoms with van der Waals surface area (Å²) < 4.78 is 7.49. The minimum Gasteiger partial charge on any atom is -0.492 e. The summed E-state index contributed by atoms with van der Waals surface area (Å²) in [4.78, 5) is 4.29. The highest BCUT2D eigenvalue weighted by Gasteiger charge is 2.09. The van der Waals surface area contributed by atoms with E-state index in [1.165, 1.54) is 0 Å². The number of aryl methyl sites for hydroxylation is 1. The van der Waals surface area contributed by atoms with Crippen LogP contribution < -0.4 is 10.5 Å². The Morgan fingerprint density at radius 1 is 1.35 bits per heavy atom. The lowest BCUT2D eigenvalue weighted by atomic mass is 10.2. The summed E-state index contributed by atoms with van der Waals surface area (Å²) in [7, 11) is 0. The average Bonchev–Trinajstić information content (AvgIpc) is 2.80. The Morgan fingerprint density at radius 2 is 2.18 bits per heavy atom. The van der Waals surface area contributed by atoms with Crippen molar-refractivity contribution in [2.75, 3.05) is 12.3 Å². The van der Waals surface area contributed by atoms with Crippen LogP contribution >= 0.6 is 0 Å². The van der Waals surface area contributed by atoms with Crippen molar-refractivity contribution in [1.29, 1.82) is 0 Å². The highest BCUT2D eigenvalue weighted by molar-refractivity contribution is 5.66. The maximum atomic E-state index is 6.11. The van der Waals surface area contributed by atoms with E-state index in [1.807, 2.05) is 35.9 Å². The Kier molecular flexibility index (Phi) is 3.32. The number of hydrogen-bond donors (Lipinski definition) is 1. The quantitative estimate of drug-likeness (QED) is 0.822. The second-order valence-corrected chi connectivity index (χ2v) is 3.69. The van der Waals surface area contributed by atoms with Gasteiger partial charge in [0, 0.05) is 18.8 Å². The molecular weight excluding hydrogens is 214 g/mol. The van der Waals surface area contributed by atoms with Crippen molar-refractivity contribution in [1.82, 2.24) is 9.55 Å². The summed E-state index contributed by atoms with van der Waals surface area (Å²) in [6.07, 6.45) is 4.57. The third-order valence-electron chi connectivity index (χ3n) is 2.64. The second-order valence-electron chi connectivity index (χ2n) is 3.69. The average molecular weight is 231 g/mol. The van der Waals surface area contributed by atoms with Crippen LogP contribution in [0.25, 0.3) is 5.69 Å². The molecule has 1 heterocycles. The van der Waals surface area contributed by atoms with Crippen LogP contribution in [0.1, 0.15) is 19.7 Å². The maximum Gasteiger partial charge on any atom is 0.144 e. The fourth-order valence-electron chi connectivity index (χ4n) is 1.84. The van der Waals surface area contributed by atoms with E-state index in [9.17, 15) is 0 Å². The first-order chi connectivity index (χ1) is 8.27. The number of hydrogen-bond acceptors (Lipinski definition) is 3. The van der Waals surface area contributed by atoms with E-state index in [0.717, 1.165) is 23.7 Å². The van der Waals surface area contributed by atoms with E-state index in [2.05, 4.69) is 11.9 Å². The summed E-state index contributed by atoms with van der Waals surface area (Å²) in [6, 6.07) is 5.79. The second kappa shape index (κ2) is 4.91. The Morgan fingerprint density at radius 3 is 2.88 bits per heavy atom. The Balaban J connectivity index is 2.49. The van der Waals surface area contributed by atoms with Crippen molar-refractivity contribution < 1.29 is 4.74 Å². The van der Waals surface area contributed by atoms with E-state index < -0.39 is 0 Å². The lowest BCUT2D eigenvalue weighted by Crippen LogP contribution is -2.05. The standard InChI is InChI=1S/C13H17N3O/c1-3-12-15-8-9-16(12)10-6-5-7-11(13(10)14)17-4-2/h5-9H,3-4,14H2,1-2H3. The molecular formula is C13H17N3O. The lowest BCUT2D eigenvalue weighted by molar-refractivity contribution is 0.342. The molecule has 90 valence electrons. The fraction of sp³-hybridized carbons (Fsp3) is 0.308. The van der Waals surface area contributed by atoms with Crippen molar-refractivity contribution in [3.05, 3.63) is 36.4 Å². The van der Waals surface area contributed by atoms with E-state index in [0.29, 0.717) is 12.3 Å². The van der Waals surface area contributed by atoms with Gasteiger partial charge in [-0.2, -0.15) is 0 Å². The van der Waals surface area contributed by atoms with E-state index >= 15 is 0 Å². The van der Waals surface area contributed by atoms with Gasteiger partial charge in [0.1, 0.15) is 11.6 Å². The number of rotatable bonds is 4. The van der Waals surface area contributed by atoms with Gasteiger partial charge in [0.25, 0.3) is 0 Å². The molecule has 2 rings (SSSR count). The van der Waals surface area contributed by atoms with Crippen LogP contribution in [-0.4, -0.2) is 16.2 Å². The van der Waals surface area contributed by atoms with Crippen molar-refractivity contribution in [2.24, 2.45) is 0 Å². The normalized spacial score (nSPS) is 10.5. The Bertz CT molecular complexity index is 505. The molecule has 0 saturated carbocycles. The largest absolute Gasteiger partial charge is 0.492 e. The zero-order chi connectivity index (χ0) is 12.3. The molecule has 0 spiro atoms. The van der Waals surface area contributed by atoms with Gasteiger partial charge in [-0.05, 0) is 19.1 Å². The number of para-hydroxylation sites is 1. The fourth-order valence-corrected chi connectivity index (χ4v) is 1.84. The number of imidazole rings is 1. The first-order valence-electron chi connectivity index (χ1n) is 5.81. The topological polar surface area (TPSA) is 53.1 Å². The number of nitrogens with zero attached hydrogens (tertiary/aromatic N) is 2. The Labute approximate surface area is 101 Å². The molecule has 0 fully saturated rings. The predicted octanol–water partition coefficient (Wildman–Crippen LogP) is 2.42. The molecule has 0 radical (unpaired) electrons. The van der Waals surface area contributed by atoms with Gasteiger partial charge in [-0.3, -0.25) is 0 Å². The van der Waals surface area contributed by atoms with Gasteiger partial charge in [-0.1, -0.05) is 13.0 Å². The summed E-state index contributed by atoms with van der Waals surface area (Å²) in [6.45, 7) is 4.63. The molecule has 0 bridgehead atoms. The van der Waals surface area contributed by atoms with Crippen molar-refractivity contribution >= 4 is 5.69 Å². The zero-order valence-electron chi connectivity index (χ0n) is 10.2. The van der Waals surface area contributed by atoms with Crippen molar-refractivity contribution in [2.45, 2.75) is 20.3 Å². The lowest BCUT2D eigenvalue weighted by Gasteiger charge is -2.13. The molecule has 17 heavy (non-hydrogen) atoms. The van der Waals surface area contributed by atoms with Gasteiger partial charge in [0.05, 0.1) is 18.0 Å². The molecule has 1 aromatic carbocycles. The molecule has 4 heteroatoms. The van der Waals surface area contributed by atoms with E-state index in [4.69, 9.17) is 10.5 Å². The molecule has 0 aliphatic heterocycles. The number of benzene rings is 1. The first kappa shape index (κ1) is 11.5. The van der Waals surface area contributed by atoms with Crippen LogP contribution in [0.5, 0.6) is 5.75 Å².